The predicted molar refractivity (Wildman–Crippen MR) is 59.4 cm³/mol. The lowest BCUT2D eigenvalue weighted by Gasteiger charge is -2.09. The maximum absolute atomic E-state index is 5.56. The molecule has 2 N–H and O–H groups in total. The highest BCUT2D eigenvalue weighted by Crippen LogP contribution is 2.28. The average Bonchev–Trinajstić information content (AvgIpc) is 2.21. The van der Waals surface area contributed by atoms with Crippen molar-refractivity contribution in [3.05, 3.63) is 28.2 Å². The van der Waals surface area contributed by atoms with E-state index in [1.807, 2.05) is 18.2 Å². The van der Waals surface area contributed by atoms with E-state index in [4.69, 9.17) is 15.2 Å². The van der Waals surface area contributed by atoms with Gasteiger partial charge in [-0.15, -0.1) is 0 Å². The van der Waals surface area contributed by atoms with Gasteiger partial charge in [0.2, 0.25) is 0 Å². The van der Waals surface area contributed by atoms with E-state index >= 15 is 0 Å². The number of halogens is 1. The SMILES string of the molecule is COCCOc1cccc(CN)c1Br. The number of benzene rings is 1. The molecule has 14 heavy (non-hydrogen) atoms. The number of methoxy groups -OCH3 is 1. The second-order valence-electron chi connectivity index (χ2n) is 2.77. The molecule has 78 valence electrons. The van der Waals surface area contributed by atoms with Gasteiger partial charge in [-0.25, -0.2) is 0 Å². The maximum atomic E-state index is 5.56. The Bertz CT molecular complexity index is 291. The van der Waals surface area contributed by atoms with Crippen molar-refractivity contribution in [2.45, 2.75) is 6.54 Å². The molecule has 1 rings (SSSR count). The summed E-state index contributed by atoms with van der Waals surface area (Å²) in [5, 5.41) is 0. The molecule has 0 fully saturated rings. The van der Waals surface area contributed by atoms with Crippen molar-refractivity contribution in [3.8, 4) is 5.75 Å². The fourth-order valence-corrected chi connectivity index (χ4v) is 1.60. The molecule has 0 unspecified atom stereocenters. The van der Waals surface area contributed by atoms with Crippen LogP contribution in [0.1, 0.15) is 5.56 Å². The molecule has 0 amide bonds. The molecule has 0 atom stereocenters. The van der Waals surface area contributed by atoms with Crippen molar-refractivity contribution in [1.29, 1.82) is 0 Å². The summed E-state index contributed by atoms with van der Waals surface area (Å²) in [6.07, 6.45) is 0. The van der Waals surface area contributed by atoms with Crippen molar-refractivity contribution in [1.82, 2.24) is 0 Å². The van der Waals surface area contributed by atoms with Gasteiger partial charge in [-0.1, -0.05) is 12.1 Å². The van der Waals surface area contributed by atoms with Crippen molar-refractivity contribution in [2.24, 2.45) is 5.73 Å². The third-order valence-electron chi connectivity index (χ3n) is 1.81. The van der Waals surface area contributed by atoms with Crippen LogP contribution in [-0.4, -0.2) is 20.3 Å². The lowest BCUT2D eigenvalue weighted by molar-refractivity contribution is 0.146. The van der Waals surface area contributed by atoms with Crippen LogP contribution in [0.4, 0.5) is 0 Å². The summed E-state index contributed by atoms with van der Waals surface area (Å²) < 4.78 is 11.3. The number of hydrogen-bond acceptors (Lipinski definition) is 3. The molecule has 0 saturated carbocycles. The Balaban J connectivity index is 2.66. The molecule has 3 nitrogen and oxygen atoms in total. The van der Waals surface area contributed by atoms with Gasteiger partial charge in [0.15, 0.2) is 0 Å². The lowest BCUT2D eigenvalue weighted by atomic mass is 10.2. The number of nitrogens with two attached hydrogens (primary N) is 1. The number of rotatable bonds is 5. The van der Waals surface area contributed by atoms with Crippen LogP contribution in [0.5, 0.6) is 5.75 Å². The summed E-state index contributed by atoms with van der Waals surface area (Å²) in [7, 11) is 1.65. The molecule has 0 aliphatic heterocycles. The zero-order valence-corrected chi connectivity index (χ0v) is 9.71. The quantitative estimate of drug-likeness (QED) is 0.823. The maximum Gasteiger partial charge on any atom is 0.133 e. The Morgan fingerprint density at radius 3 is 2.79 bits per heavy atom. The molecule has 0 saturated heterocycles. The number of ether oxygens (including phenoxy) is 2. The Morgan fingerprint density at radius 1 is 1.36 bits per heavy atom. The molecule has 0 spiro atoms. The smallest absolute Gasteiger partial charge is 0.133 e. The van der Waals surface area contributed by atoms with Gasteiger partial charge in [0, 0.05) is 13.7 Å². The average molecular weight is 260 g/mol. The Labute approximate surface area is 92.3 Å². The van der Waals surface area contributed by atoms with E-state index in [1.165, 1.54) is 0 Å². The molecule has 0 aromatic heterocycles. The third-order valence-corrected chi connectivity index (χ3v) is 2.71. The minimum absolute atomic E-state index is 0.502. The van der Waals surface area contributed by atoms with E-state index in [0.717, 1.165) is 15.8 Å². The minimum Gasteiger partial charge on any atom is -0.490 e. The number of hydrogen-bond donors (Lipinski definition) is 1. The van der Waals surface area contributed by atoms with Gasteiger partial charge in [-0.3, -0.25) is 0 Å². The Kier molecular flexibility index (Phi) is 4.93. The summed E-state index contributed by atoms with van der Waals surface area (Å²) in [6, 6.07) is 5.79. The van der Waals surface area contributed by atoms with Crippen molar-refractivity contribution in [3.63, 3.8) is 0 Å². The highest BCUT2D eigenvalue weighted by Gasteiger charge is 2.04. The van der Waals surface area contributed by atoms with E-state index in [-0.39, 0.29) is 0 Å². The summed E-state index contributed by atoms with van der Waals surface area (Å²) in [4.78, 5) is 0. The van der Waals surface area contributed by atoms with Crippen LogP contribution in [-0.2, 0) is 11.3 Å². The second kappa shape index (κ2) is 6.01. The van der Waals surface area contributed by atoms with E-state index in [1.54, 1.807) is 7.11 Å². The second-order valence-corrected chi connectivity index (χ2v) is 3.57. The van der Waals surface area contributed by atoms with E-state index in [9.17, 15) is 0 Å². The first-order chi connectivity index (χ1) is 6.79. The van der Waals surface area contributed by atoms with Crippen LogP contribution >= 0.6 is 15.9 Å². The van der Waals surface area contributed by atoms with E-state index in [0.29, 0.717) is 19.8 Å². The molecule has 0 radical (unpaired) electrons. The first-order valence-corrected chi connectivity index (χ1v) is 5.18. The largest absolute Gasteiger partial charge is 0.490 e. The van der Waals surface area contributed by atoms with Crippen LogP contribution in [0.25, 0.3) is 0 Å². The third kappa shape index (κ3) is 2.97. The first-order valence-electron chi connectivity index (χ1n) is 4.38. The van der Waals surface area contributed by atoms with E-state index < -0.39 is 0 Å². The van der Waals surface area contributed by atoms with Crippen LogP contribution in [0.15, 0.2) is 22.7 Å². The molecule has 0 heterocycles. The highest BCUT2D eigenvalue weighted by molar-refractivity contribution is 9.10. The molecule has 0 aliphatic rings. The zero-order chi connectivity index (χ0) is 10.4. The topological polar surface area (TPSA) is 44.5 Å². The van der Waals surface area contributed by atoms with Crippen LogP contribution in [0.3, 0.4) is 0 Å². The van der Waals surface area contributed by atoms with Gasteiger partial charge < -0.3 is 15.2 Å². The van der Waals surface area contributed by atoms with Gasteiger partial charge >= 0.3 is 0 Å². The van der Waals surface area contributed by atoms with Crippen LogP contribution in [0.2, 0.25) is 0 Å². The molecule has 1 aromatic carbocycles. The monoisotopic (exact) mass is 259 g/mol. The van der Waals surface area contributed by atoms with Gasteiger partial charge in [0.05, 0.1) is 11.1 Å². The summed E-state index contributed by atoms with van der Waals surface area (Å²) in [6.45, 7) is 1.63. The van der Waals surface area contributed by atoms with Crippen molar-refractivity contribution in [2.75, 3.05) is 20.3 Å². The van der Waals surface area contributed by atoms with Gasteiger partial charge in [0.25, 0.3) is 0 Å². The Hall–Kier alpha value is -0.580. The van der Waals surface area contributed by atoms with Gasteiger partial charge in [-0.05, 0) is 27.6 Å². The van der Waals surface area contributed by atoms with Crippen molar-refractivity contribution >= 4 is 15.9 Å². The first kappa shape index (κ1) is 11.5. The standard InChI is InChI=1S/C10H14BrNO2/c1-13-5-6-14-9-4-2-3-8(7-12)10(9)11/h2-4H,5-7,12H2,1H3. The van der Waals surface area contributed by atoms with Gasteiger partial charge in [0.1, 0.15) is 12.4 Å². The molecular weight excluding hydrogens is 246 g/mol. The lowest BCUT2D eigenvalue weighted by Crippen LogP contribution is -2.06. The van der Waals surface area contributed by atoms with E-state index in [2.05, 4.69) is 15.9 Å². The fourth-order valence-electron chi connectivity index (χ4n) is 1.06. The van der Waals surface area contributed by atoms with Gasteiger partial charge in [-0.2, -0.15) is 0 Å². The van der Waals surface area contributed by atoms with Crippen LogP contribution in [0, 0.1) is 0 Å². The predicted octanol–water partition coefficient (Wildman–Crippen LogP) is 1.93. The van der Waals surface area contributed by atoms with Crippen molar-refractivity contribution < 1.29 is 9.47 Å². The summed E-state index contributed by atoms with van der Waals surface area (Å²) in [5.41, 5.74) is 6.61. The molecule has 0 aliphatic carbocycles. The zero-order valence-electron chi connectivity index (χ0n) is 8.13. The molecule has 4 heteroatoms. The summed E-state index contributed by atoms with van der Waals surface area (Å²) >= 11 is 3.45. The minimum atomic E-state index is 0.502. The summed E-state index contributed by atoms with van der Waals surface area (Å²) in [5.74, 6) is 0.810. The molecule has 0 bridgehead atoms. The molecular formula is C10H14BrNO2. The normalized spacial score (nSPS) is 10.2. The highest BCUT2D eigenvalue weighted by atomic mass is 79.9. The molecule has 1 aromatic rings. The Morgan fingerprint density at radius 2 is 2.14 bits per heavy atom. The fraction of sp³-hybridized carbons (Fsp3) is 0.400. The van der Waals surface area contributed by atoms with Crippen LogP contribution < -0.4 is 10.5 Å².